The number of hydrogen-bond acceptors (Lipinski definition) is 3. The molecular formula is C22H43N3. The van der Waals surface area contributed by atoms with Gasteiger partial charge in [-0.05, 0) is 97.3 Å². The van der Waals surface area contributed by atoms with Crippen LogP contribution in [-0.4, -0.2) is 71.6 Å². The molecule has 0 aromatic heterocycles. The minimum atomic E-state index is 0.347. The molecule has 0 N–H and O–H groups in total. The Kier molecular flexibility index (Phi) is 6.50. The van der Waals surface area contributed by atoms with E-state index in [9.17, 15) is 0 Å². The number of piperidine rings is 3. The molecule has 3 fully saturated rings. The summed E-state index contributed by atoms with van der Waals surface area (Å²) in [6.07, 6.45) is 8.44. The molecule has 0 atom stereocenters. The summed E-state index contributed by atoms with van der Waals surface area (Å²) in [6, 6.07) is 1.73. The molecule has 0 saturated carbocycles. The van der Waals surface area contributed by atoms with Crippen LogP contribution in [0.5, 0.6) is 0 Å². The second-order valence-electron chi connectivity index (χ2n) is 10.3. The maximum Gasteiger partial charge on any atom is 0.0125 e. The van der Waals surface area contributed by atoms with Gasteiger partial charge in [0.1, 0.15) is 0 Å². The van der Waals surface area contributed by atoms with Crippen LogP contribution < -0.4 is 0 Å². The molecule has 0 spiro atoms. The third-order valence-corrected chi connectivity index (χ3v) is 7.46. The second kappa shape index (κ2) is 8.27. The molecule has 25 heavy (non-hydrogen) atoms. The molecule has 0 unspecified atom stereocenters. The summed E-state index contributed by atoms with van der Waals surface area (Å²) in [6.45, 7) is 19.9. The van der Waals surface area contributed by atoms with Crippen LogP contribution in [0.25, 0.3) is 0 Å². The lowest BCUT2D eigenvalue weighted by molar-refractivity contribution is 0.0226. The van der Waals surface area contributed by atoms with Crippen LogP contribution in [0.3, 0.4) is 0 Å². The van der Waals surface area contributed by atoms with E-state index in [1.54, 1.807) is 0 Å². The molecule has 0 radical (unpaired) electrons. The summed E-state index contributed by atoms with van der Waals surface area (Å²) >= 11 is 0. The van der Waals surface area contributed by atoms with Crippen LogP contribution in [0.4, 0.5) is 0 Å². The van der Waals surface area contributed by atoms with Crippen LogP contribution in [0.2, 0.25) is 0 Å². The molecule has 146 valence electrons. The maximum absolute atomic E-state index is 2.83. The zero-order chi connectivity index (χ0) is 18.0. The lowest BCUT2D eigenvalue weighted by Gasteiger charge is -2.47. The summed E-state index contributed by atoms with van der Waals surface area (Å²) in [4.78, 5) is 8.34. The lowest BCUT2D eigenvalue weighted by atomic mass is 9.85. The van der Waals surface area contributed by atoms with Crippen molar-refractivity contribution in [3.05, 3.63) is 0 Å². The van der Waals surface area contributed by atoms with Gasteiger partial charge in [-0.3, -0.25) is 4.90 Å². The van der Waals surface area contributed by atoms with Crippen molar-refractivity contribution in [3.63, 3.8) is 0 Å². The molecule has 3 rings (SSSR count). The van der Waals surface area contributed by atoms with E-state index in [0.717, 1.165) is 23.9 Å². The summed E-state index contributed by atoms with van der Waals surface area (Å²) in [5.41, 5.74) is 0.347. The molecule has 0 bridgehead atoms. The van der Waals surface area contributed by atoms with E-state index < -0.39 is 0 Å². The normalized spacial score (nSPS) is 28.1. The summed E-state index contributed by atoms with van der Waals surface area (Å²) in [7, 11) is 0. The number of rotatable bonds is 3. The number of likely N-dealkylation sites (tertiary alicyclic amines) is 3. The van der Waals surface area contributed by atoms with Crippen LogP contribution in [0.1, 0.15) is 73.1 Å². The first-order valence-electron chi connectivity index (χ1n) is 11.1. The zero-order valence-electron chi connectivity index (χ0n) is 17.6. The molecule has 3 heterocycles. The topological polar surface area (TPSA) is 9.72 Å². The summed E-state index contributed by atoms with van der Waals surface area (Å²) in [5, 5.41) is 0. The van der Waals surface area contributed by atoms with Crippen LogP contribution in [0.15, 0.2) is 0 Å². The fourth-order valence-electron chi connectivity index (χ4n) is 5.47. The highest BCUT2D eigenvalue weighted by molar-refractivity contribution is 4.89. The molecular weight excluding hydrogens is 306 g/mol. The minimum absolute atomic E-state index is 0.347. The lowest BCUT2D eigenvalue weighted by Crippen LogP contribution is -2.54. The van der Waals surface area contributed by atoms with Gasteiger partial charge in [-0.25, -0.2) is 0 Å². The Morgan fingerprint density at radius 2 is 1.04 bits per heavy atom. The molecule has 3 heteroatoms. The molecule has 0 aromatic rings. The van der Waals surface area contributed by atoms with Gasteiger partial charge in [0.25, 0.3) is 0 Å². The Hall–Kier alpha value is -0.120. The van der Waals surface area contributed by atoms with Gasteiger partial charge in [0.2, 0.25) is 0 Å². The predicted molar refractivity (Wildman–Crippen MR) is 108 cm³/mol. The SMILES string of the molecule is CC(C)C1CCN(C2CCN(C3CCN(C(C)(C)C)CC3)CC2)CC1. The van der Waals surface area contributed by atoms with Gasteiger partial charge in [-0.1, -0.05) is 13.8 Å². The van der Waals surface area contributed by atoms with Crippen molar-refractivity contribution in [2.24, 2.45) is 11.8 Å². The first-order chi connectivity index (χ1) is 11.8. The van der Waals surface area contributed by atoms with Crippen molar-refractivity contribution in [1.29, 1.82) is 0 Å². The van der Waals surface area contributed by atoms with Gasteiger partial charge in [-0.2, -0.15) is 0 Å². The minimum Gasteiger partial charge on any atom is -0.300 e. The smallest absolute Gasteiger partial charge is 0.0125 e. The highest BCUT2D eigenvalue weighted by Gasteiger charge is 2.33. The average molecular weight is 350 g/mol. The highest BCUT2D eigenvalue weighted by Crippen LogP contribution is 2.30. The van der Waals surface area contributed by atoms with E-state index in [0.29, 0.717) is 5.54 Å². The molecule has 3 aliphatic heterocycles. The first kappa shape index (κ1) is 19.6. The van der Waals surface area contributed by atoms with Gasteiger partial charge < -0.3 is 9.80 Å². The molecule has 0 amide bonds. The van der Waals surface area contributed by atoms with Crippen LogP contribution >= 0.6 is 0 Å². The maximum atomic E-state index is 2.83. The van der Waals surface area contributed by atoms with E-state index in [4.69, 9.17) is 0 Å². The van der Waals surface area contributed by atoms with Crippen molar-refractivity contribution in [2.75, 3.05) is 39.3 Å². The van der Waals surface area contributed by atoms with Gasteiger partial charge >= 0.3 is 0 Å². The fraction of sp³-hybridized carbons (Fsp3) is 1.00. The fourth-order valence-corrected chi connectivity index (χ4v) is 5.47. The van der Waals surface area contributed by atoms with Crippen molar-refractivity contribution < 1.29 is 0 Å². The monoisotopic (exact) mass is 349 g/mol. The molecule has 0 aliphatic carbocycles. The standard InChI is InChI=1S/C22H43N3/c1-18(2)19-6-12-23(13-7-19)20-8-14-24(15-9-20)21-10-16-25(17-11-21)22(3,4)5/h18-21H,6-17H2,1-5H3. The molecule has 3 nitrogen and oxygen atoms in total. The van der Waals surface area contributed by atoms with E-state index in [1.165, 1.54) is 77.8 Å². The molecule has 3 saturated heterocycles. The van der Waals surface area contributed by atoms with Crippen molar-refractivity contribution >= 4 is 0 Å². The van der Waals surface area contributed by atoms with Crippen molar-refractivity contribution in [2.45, 2.75) is 90.8 Å². The molecule has 0 aromatic carbocycles. The number of hydrogen-bond donors (Lipinski definition) is 0. The third-order valence-electron chi connectivity index (χ3n) is 7.46. The average Bonchev–Trinajstić information content (AvgIpc) is 2.61. The second-order valence-corrected chi connectivity index (χ2v) is 10.3. The summed E-state index contributed by atoms with van der Waals surface area (Å²) < 4.78 is 0. The Morgan fingerprint density at radius 1 is 0.640 bits per heavy atom. The van der Waals surface area contributed by atoms with Gasteiger partial charge in [0.05, 0.1) is 0 Å². The highest BCUT2D eigenvalue weighted by atomic mass is 15.2. The van der Waals surface area contributed by atoms with Gasteiger partial charge in [0, 0.05) is 30.7 Å². The van der Waals surface area contributed by atoms with E-state index in [1.807, 2.05) is 0 Å². The van der Waals surface area contributed by atoms with Crippen LogP contribution in [-0.2, 0) is 0 Å². The van der Waals surface area contributed by atoms with E-state index in [-0.39, 0.29) is 0 Å². The van der Waals surface area contributed by atoms with E-state index in [2.05, 4.69) is 49.3 Å². The Labute approximate surface area is 157 Å². The predicted octanol–water partition coefficient (Wildman–Crippen LogP) is 4.08. The van der Waals surface area contributed by atoms with Crippen LogP contribution in [0, 0.1) is 11.8 Å². The van der Waals surface area contributed by atoms with Gasteiger partial charge in [0.15, 0.2) is 0 Å². The van der Waals surface area contributed by atoms with Crippen molar-refractivity contribution in [1.82, 2.24) is 14.7 Å². The summed E-state index contributed by atoms with van der Waals surface area (Å²) in [5.74, 6) is 1.85. The Balaban J connectivity index is 1.40. The Morgan fingerprint density at radius 3 is 1.44 bits per heavy atom. The molecule has 3 aliphatic rings. The third kappa shape index (κ3) is 4.99. The van der Waals surface area contributed by atoms with E-state index >= 15 is 0 Å². The zero-order valence-corrected chi connectivity index (χ0v) is 17.6. The largest absolute Gasteiger partial charge is 0.300 e. The number of nitrogens with zero attached hydrogens (tertiary/aromatic N) is 3. The Bertz CT molecular complexity index is 390. The quantitative estimate of drug-likeness (QED) is 0.760. The van der Waals surface area contributed by atoms with Gasteiger partial charge in [-0.15, -0.1) is 0 Å². The first-order valence-corrected chi connectivity index (χ1v) is 11.1. The van der Waals surface area contributed by atoms with Crippen molar-refractivity contribution in [3.8, 4) is 0 Å².